The van der Waals surface area contributed by atoms with Crippen molar-refractivity contribution >= 4 is 17.4 Å². The largest absolute Gasteiger partial charge is 0.491 e. The van der Waals surface area contributed by atoms with Gasteiger partial charge in [-0.05, 0) is 62.4 Å². The van der Waals surface area contributed by atoms with Gasteiger partial charge < -0.3 is 9.84 Å². The van der Waals surface area contributed by atoms with Crippen LogP contribution in [-0.4, -0.2) is 32.7 Å². The lowest BCUT2D eigenvalue weighted by Crippen LogP contribution is -2.30. The molecule has 0 saturated carbocycles. The van der Waals surface area contributed by atoms with E-state index in [1.807, 2.05) is 6.92 Å². The molecule has 3 rings (SSSR count). The average molecular weight is 401 g/mol. The summed E-state index contributed by atoms with van der Waals surface area (Å²) in [6.45, 7) is 3.46. The molecule has 146 valence electrons. The number of aliphatic hydroxyl groups is 1. The van der Waals surface area contributed by atoms with Crippen LogP contribution in [-0.2, 0) is 6.54 Å². The van der Waals surface area contributed by atoms with Crippen LogP contribution in [0.5, 0.6) is 5.75 Å². The van der Waals surface area contributed by atoms with Gasteiger partial charge in [0.25, 0.3) is 0 Å². The molecule has 3 aromatic rings. The monoisotopic (exact) mass is 400 g/mol. The number of ketones is 1. The molecule has 0 aliphatic carbocycles. The molecule has 6 nitrogen and oxygen atoms in total. The highest BCUT2D eigenvalue weighted by Gasteiger charge is 2.14. The Balaban J connectivity index is 1.71. The second-order valence-electron chi connectivity index (χ2n) is 6.56. The zero-order valence-corrected chi connectivity index (χ0v) is 16.4. The number of ether oxygens (including phenoxy) is 1. The van der Waals surface area contributed by atoms with Crippen LogP contribution in [0, 0.1) is 6.92 Å². The second kappa shape index (κ2) is 8.46. The number of nitrogens with zero attached hydrogens (tertiary/aromatic N) is 2. The zero-order chi connectivity index (χ0) is 20.3. The number of benzene rings is 2. The van der Waals surface area contributed by atoms with Gasteiger partial charge in [-0.2, -0.15) is 0 Å². The molecule has 2 aromatic carbocycles. The molecule has 0 radical (unpaired) electrons. The number of Topliss-reactive ketones (excluding diaryl/α,β-unsaturated/α-hetero) is 1. The highest BCUT2D eigenvalue weighted by molar-refractivity contribution is 6.30. The Hall–Kier alpha value is -2.83. The van der Waals surface area contributed by atoms with Crippen LogP contribution in [0.1, 0.15) is 23.0 Å². The van der Waals surface area contributed by atoms with Crippen LogP contribution in [0.3, 0.4) is 0 Å². The third kappa shape index (κ3) is 4.52. The molecule has 0 fully saturated rings. The Morgan fingerprint density at radius 3 is 2.39 bits per heavy atom. The van der Waals surface area contributed by atoms with Crippen molar-refractivity contribution in [3.8, 4) is 11.4 Å². The second-order valence-corrected chi connectivity index (χ2v) is 7.00. The number of aliphatic hydroxyl groups excluding tert-OH is 1. The van der Waals surface area contributed by atoms with Crippen molar-refractivity contribution in [3.05, 3.63) is 81.5 Å². The van der Waals surface area contributed by atoms with E-state index < -0.39 is 6.10 Å². The van der Waals surface area contributed by atoms with Crippen molar-refractivity contribution < 1.29 is 14.6 Å². The van der Waals surface area contributed by atoms with Crippen molar-refractivity contribution in [2.45, 2.75) is 26.5 Å². The molecular formula is C21H21ClN2O4. The quantitative estimate of drug-likeness (QED) is 0.618. The smallest absolute Gasteiger partial charge is 0.333 e. The zero-order valence-electron chi connectivity index (χ0n) is 15.6. The van der Waals surface area contributed by atoms with Crippen molar-refractivity contribution in [2.24, 2.45) is 0 Å². The first-order valence-corrected chi connectivity index (χ1v) is 9.19. The molecule has 1 unspecified atom stereocenters. The number of rotatable bonds is 7. The van der Waals surface area contributed by atoms with E-state index >= 15 is 0 Å². The van der Waals surface area contributed by atoms with Gasteiger partial charge in [-0.25, -0.2) is 4.79 Å². The van der Waals surface area contributed by atoms with E-state index in [-0.39, 0.29) is 24.6 Å². The highest BCUT2D eigenvalue weighted by Crippen LogP contribution is 2.16. The van der Waals surface area contributed by atoms with Gasteiger partial charge in [0.15, 0.2) is 5.78 Å². The minimum atomic E-state index is -0.858. The van der Waals surface area contributed by atoms with Gasteiger partial charge in [0.05, 0.1) is 12.2 Å². The van der Waals surface area contributed by atoms with E-state index in [2.05, 4.69) is 0 Å². The molecule has 0 spiro atoms. The molecule has 0 amide bonds. The average Bonchev–Trinajstić information content (AvgIpc) is 2.94. The Kier molecular flexibility index (Phi) is 6.02. The van der Waals surface area contributed by atoms with Gasteiger partial charge in [-0.1, -0.05) is 11.6 Å². The minimum absolute atomic E-state index is 0.0306. The van der Waals surface area contributed by atoms with Gasteiger partial charge in [0.1, 0.15) is 18.5 Å². The van der Waals surface area contributed by atoms with Crippen LogP contribution < -0.4 is 10.4 Å². The molecular weight excluding hydrogens is 380 g/mol. The van der Waals surface area contributed by atoms with Gasteiger partial charge in [-0.15, -0.1) is 0 Å². The summed E-state index contributed by atoms with van der Waals surface area (Å²) in [5.41, 5.74) is 1.71. The maximum atomic E-state index is 12.7. The molecule has 1 N–H and O–H groups in total. The Morgan fingerprint density at radius 1 is 1.14 bits per heavy atom. The van der Waals surface area contributed by atoms with Crippen molar-refractivity contribution in [1.29, 1.82) is 0 Å². The topological polar surface area (TPSA) is 73.5 Å². The first-order chi connectivity index (χ1) is 13.3. The first kappa shape index (κ1) is 19.9. The van der Waals surface area contributed by atoms with E-state index in [1.165, 1.54) is 16.1 Å². The van der Waals surface area contributed by atoms with E-state index in [0.717, 1.165) is 5.69 Å². The number of hydrogen-bond donors (Lipinski definition) is 1. The normalized spacial score (nSPS) is 12.0. The SMILES string of the molecule is CC(=O)c1ccc(-n2c(C)cn(CC(O)COc3ccc(Cl)cc3)c2=O)cc1. The molecule has 0 aliphatic heterocycles. The lowest BCUT2D eigenvalue weighted by Gasteiger charge is -2.12. The summed E-state index contributed by atoms with van der Waals surface area (Å²) in [5, 5.41) is 10.9. The Labute approximate surface area is 167 Å². The van der Waals surface area contributed by atoms with Gasteiger partial charge in [0.2, 0.25) is 0 Å². The third-order valence-electron chi connectivity index (χ3n) is 4.33. The number of carbonyl (C=O) groups is 1. The van der Waals surface area contributed by atoms with E-state index in [1.54, 1.807) is 54.7 Å². The van der Waals surface area contributed by atoms with Crippen molar-refractivity contribution in [2.75, 3.05) is 6.61 Å². The van der Waals surface area contributed by atoms with E-state index in [0.29, 0.717) is 22.0 Å². The van der Waals surface area contributed by atoms with Gasteiger partial charge >= 0.3 is 5.69 Å². The van der Waals surface area contributed by atoms with Crippen LogP contribution in [0.4, 0.5) is 0 Å². The van der Waals surface area contributed by atoms with Crippen LogP contribution in [0.15, 0.2) is 59.5 Å². The first-order valence-electron chi connectivity index (χ1n) is 8.81. The van der Waals surface area contributed by atoms with E-state index in [4.69, 9.17) is 16.3 Å². The summed E-state index contributed by atoms with van der Waals surface area (Å²) in [6.07, 6.45) is 0.830. The summed E-state index contributed by atoms with van der Waals surface area (Å²) in [6, 6.07) is 13.7. The fourth-order valence-electron chi connectivity index (χ4n) is 2.91. The standard InChI is InChI=1S/C21H21ClN2O4/c1-14-11-23(12-19(26)13-28-20-9-5-17(22)6-10-20)21(27)24(14)18-7-3-16(4-8-18)15(2)25/h3-11,19,26H,12-13H2,1-2H3. The summed E-state index contributed by atoms with van der Waals surface area (Å²) >= 11 is 5.83. The molecule has 1 heterocycles. The summed E-state index contributed by atoms with van der Waals surface area (Å²) < 4.78 is 8.52. The fraction of sp³-hybridized carbons (Fsp3) is 0.238. The lowest BCUT2D eigenvalue weighted by atomic mass is 10.1. The summed E-state index contributed by atoms with van der Waals surface area (Å²) in [7, 11) is 0. The molecule has 0 saturated heterocycles. The maximum absolute atomic E-state index is 12.7. The van der Waals surface area contributed by atoms with Crippen molar-refractivity contribution in [3.63, 3.8) is 0 Å². The minimum Gasteiger partial charge on any atom is -0.491 e. The predicted octanol–water partition coefficient (Wildman–Crippen LogP) is 3.24. The van der Waals surface area contributed by atoms with E-state index in [9.17, 15) is 14.7 Å². The van der Waals surface area contributed by atoms with Crippen molar-refractivity contribution in [1.82, 2.24) is 9.13 Å². The molecule has 1 atom stereocenters. The van der Waals surface area contributed by atoms with Crippen LogP contribution in [0.25, 0.3) is 5.69 Å². The Morgan fingerprint density at radius 2 is 1.79 bits per heavy atom. The Bertz CT molecular complexity index is 1020. The number of hydrogen-bond acceptors (Lipinski definition) is 4. The fourth-order valence-corrected chi connectivity index (χ4v) is 3.04. The maximum Gasteiger partial charge on any atom is 0.333 e. The summed E-state index contributed by atoms with van der Waals surface area (Å²) in [5.74, 6) is 0.562. The number of aromatic nitrogens is 2. The molecule has 7 heteroatoms. The van der Waals surface area contributed by atoms with Gasteiger partial charge in [-0.3, -0.25) is 13.9 Å². The summed E-state index contributed by atoms with van der Waals surface area (Å²) in [4.78, 5) is 24.2. The lowest BCUT2D eigenvalue weighted by molar-refractivity contribution is 0.0916. The van der Waals surface area contributed by atoms with Gasteiger partial charge in [0, 0.05) is 22.5 Å². The highest BCUT2D eigenvalue weighted by atomic mass is 35.5. The molecule has 1 aromatic heterocycles. The number of halogens is 1. The molecule has 0 aliphatic rings. The molecule has 0 bridgehead atoms. The number of imidazole rings is 1. The van der Waals surface area contributed by atoms with Crippen LogP contribution >= 0.6 is 11.6 Å². The molecule has 28 heavy (non-hydrogen) atoms. The third-order valence-corrected chi connectivity index (χ3v) is 4.58. The number of carbonyl (C=O) groups excluding carboxylic acids is 1. The predicted molar refractivity (Wildman–Crippen MR) is 108 cm³/mol. The van der Waals surface area contributed by atoms with Crippen LogP contribution in [0.2, 0.25) is 5.02 Å². The number of aryl methyl sites for hydroxylation is 1.